The molecule has 1 saturated carbocycles. The summed E-state index contributed by atoms with van der Waals surface area (Å²) in [6, 6.07) is 5.69. The molecule has 1 aliphatic rings. The van der Waals surface area contributed by atoms with Crippen LogP contribution in [-0.2, 0) is 6.54 Å². The molecule has 0 unspecified atom stereocenters. The number of ether oxygens (including phenoxy) is 1. The fourth-order valence-electron chi connectivity index (χ4n) is 3.05. The van der Waals surface area contributed by atoms with Gasteiger partial charge in [0.15, 0.2) is 0 Å². The maximum absolute atomic E-state index is 9.70. The third kappa shape index (κ3) is 3.66. The van der Waals surface area contributed by atoms with Gasteiger partial charge in [-0.05, 0) is 25.0 Å². The molecule has 0 atom stereocenters. The Hall–Kier alpha value is -0.770. The number of rotatable bonds is 6. The molecule has 0 aromatic heterocycles. The molecule has 112 valence electrons. The first kappa shape index (κ1) is 15.6. The Labute approximate surface area is 126 Å². The highest BCUT2D eigenvalue weighted by Gasteiger charge is 2.30. The van der Waals surface area contributed by atoms with Crippen LogP contribution < -0.4 is 10.1 Å². The van der Waals surface area contributed by atoms with Crippen molar-refractivity contribution in [3.05, 3.63) is 28.8 Å². The van der Waals surface area contributed by atoms with E-state index in [0.29, 0.717) is 6.54 Å². The standard InChI is InChI=1S/C16H24ClNO2/c1-20-15-7-5-6-14(17)13(15)10-18-11-16(12-19)8-3-2-4-9-16/h5-7,18-19H,2-4,8-12H2,1H3. The third-order valence-corrected chi connectivity index (χ3v) is 4.70. The van der Waals surface area contributed by atoms with E-state index in [1.165, 1.54) is 19.3 Å². The molecule has 1 fully saturated rings. The first-order chi connectivity index (χ1) is 9.71. The van der Waals surface area contributed by atoms with Crippen LogP contribution in [-0.4, -0.2) is 25.4 Å². The van der Waals surface area contributed by atoms with Crippen LogP contribution in [0.15, 0.2) is 18.2 Å². The summed E-state index contributed by atoms with van der Waals surface area (Å²) in [6.07, 6.45) is 5.95. The second-order valence-corrected chi connectivity index (χ2v) is 6.15. The molecule has 20 heavy (non-hydrogen) atoms. The number of hydrogen-bond acceptors (Lipinski definition) is 3. The minimum atomic E-state index is 0.0484. The third-order valence-electron chi connectivity index (χ3n) is 4.35. The molecule has 4 heteroatoms. The first-order valence-electron chi connectivity index (χ1n) is 7.34. The van der Waals surface area contributed by atoms with Gasteiger partial charge in [0.25, 0.3) is 0 Å². The highest BCUT2D eigenvalue weighted by atomic mass is 35.5. The lowest BCUT2D eigenvalue weighted by molar-refractivity contribution is 0.0810. The van der Waals surface area contributed by atoms with E-state index in [4.69, 9.17) is 16.3 Å². The zero-order valence-corrected chi connectivity index (χ0v) is 12.9. The van der Waals surface area contributed by atoms with Crippen molar-refractivity contribution in [2.75, 3.05) is 20.3 Å². The largest absolute Gasteiger partial charge is 0.496 e. The van der Waals surface area contributed by atoms with Crippen molar-refractivity contribution in [2.24, 2.45) is 5.41 Å². The molecule has 1 aromatic carbocycles. The van der Waals surface area contributed by atoms with Crippen molar-refractivity contribution in [1.29, 1.82) is 0 Å². The van der Waals surface area contributed by atoms with Gasteiger partial charge in [0.05, 0.1) is 7.11 Å². The second kappa shape index (κ2) is 7.30. The van der Waals surface area contributed by atoms with E-state index in [2.05, 4.69) is 5.32 Å². The van der Waals surface area contributed by atoms with Crippen LogP contribution in [0.2, 0.25) is 5.02 Å². The lowest BCUT2D eigenvalue weighted by Gasteiger charge is -2.36. The number of aliphatic hydroxyl groups excluding tert-OH is 1. The van der Waals surface area contributed by atoms with Gasteiger partial charge in [-0.3, -0.25) is 0 Å². The lowest BCUT2D eigenvalue weighted by Crippen LogP contribution is -2.38. The SMILES string of the molecule is COc1cccc(Cl)c1CNCC1(CO)CCCCC1. The molecular formula is C16H24ClNO2. The minimum Gasteiger partial charge on any atom is -0.496 e. The molecule has 1 aliphatic carbocycles. The van der Waals surface area contributed by atoms with Crippen LogP contribution in [0.1, 0.15) is 37.7 Å². The maximum Gasteiger partial charge on any atom is 0.124 e. The van der Waals surface area contributed by atoms with Gasteiger partial charge in [-0.25, -0.2) is 0 Å². The number of hydrogen-bond donors (Lipinski definition) is 2. The van der Waals surface area contributed by atoms with Gasteiger partial charge in [0.2, 0.25) is 0 Å². The van der Waals surface area contributed by atoms with Crippen molar-refractivity contribution < 1.29 is 9.84 Å². The smallest absolute Gasteiger partial charge is 0.124 e. The Morgan fingerprint density at radius 1 is 1.30 bits per heavy atom. The molecule has 0 bridgehead atoms. The molecule has 1 aromatic rings. The molecule has 0 spiro atoms. The lowest BCUT2D eigenvalue weighted by atomic mass is 9.74. The van der Waals surface area contributed by atoms with Crippen molar-refractivity contribution in [3.63, 3.8) is 0 Å². The molecule has 0 aliphatic heterocycles. The van der Waals surface area contributed by atoms with E-state index in [1.54, 1.807) is 7.11 Å². The Bertz CT molecular complexity index is 430. The Morgan fingerprint density at radius 3 is 2.70 bits per heavy atom. The predicted octanol–water partition coefficient (Wildman–Crippen LogP) is 3.38. The van der Waals surface area contributed by atoms with Crippen LogP contribution in [0.5, 0.6) is 5.75 Å². The molecular weight excluding hydrogens is 274 g/mol. The van der Waals surface area contributed by atoms with E-state index < -0.39 is 0 Å². The molecule has 2 N–H and O–H groups in total. The summed E-state index contributed by atoms with van der Waals surface area (Å²) in [5.41, 5.74) is 1.03. The topological polar surface area (TPSA) is 41.5 Å². The monoisotopic (exact) mass is 297 g/mol. The summed E-state index contributed by atoms with van der Waals surface area (Å²) in [5.74, 6) is 0.812. The van der Waals surface area contributed by atoms with E-state index in [1.807, 2.05) is 18.2 Å². The van der Waals surface area contributed by atoms with Gasteiger partial charge in [-0.2, -0.15) is 0 Å². The minimum absolute atomic E-state index is 0.0484. The maximum atomic E-state index is 9.70. The summed E-state index contributed by atoms with van der Waals surface area (Å²) in [6.45, 7) is 1.77. The summed E-state index contributed by atoms with van der Waals surface area (Å²) in [4.78, 5) is 0. The van der Waals surface area contributed by atoms with Gasteiger partial charge >= 0.3 is 0 Å². The quantitative estimate of drug-likeness (QED) is 0.846. The summed E-state index contributed by atoms with van der Waals surface area (Å²) < 4.78 is 5.35. The first-order valence-corrected chi connectivity index (χ1v) is 7.71. The van der Waals surface area contributed by atoms with Crippen molar-refractivity contribution >= 4 is 11.6 Å². The second-order valence-electron chi connectivity index (χ2n) is 5.74. The van der Waals surface area contributed by atoms with Crippen LogP contribution in [0.25, 0.3) is 0 Å². The van der Waals surface area contributed by atoms with E-state index in [9.17, 15) is 5.11 Å². The Balaban J connectivity index is 1.95. The summed E-state index contributed by atoms with van der Waals surface area (Å²) in [7, 11) is 1.66. The van der Waals surface area contributed by atoms with Crippen molar-refractivity contribution in [3.8, 4) is 5.75 Å². The molecule has 2 rings (SSSR count). The highest BCUT2D eigenvalue weighted by Crippen LogP contribution is 2.35. The molecule has 0 radical (unpaired) electrons. The van der Waals surface area contributed by atoms with E-state index in [-0.39, 0.29) is 12.0 Å². The van der Waals surface area contributed by atoms with Crippen LogP contribution in [0.4, 0.5) is 0 Å². The van der Waals surface area contributed by atoms with Gasteiger partial charge in [-0.15, -0.1) is 0 Å². The predicted molar refractivity (Wildman–Crippen MR) is 82.3 cm³/mol. The Kier molecular flexibility index (Phi) is 5.70. The van der Waals surface area contributed by atoms with Crippen LogP contribution >= 0.6 is 11.6 Å². The number of methoxy groups -OCH3 is 1. The zero-order chi connectivity index (χ0) is 14.4. The fourth-order valence-corrected chi connectivity index (χ4v) is 3.28. The van der Waals surface area contributed by atoms with Gasteiger partial charge < -0.3 is 15.2 Å². The molecule has 0 saturated heterocycles. The van der Waals surface area contributed by atoms with Crippen molar-refractivity contribution in [1.82, 2.24) is 5.32 Å². The van der Waals surface area contributed by atoms with Crippen LogP contribution in [0.3, 0.4) is 0 Å². The normalized spacial score (nSPS) is 17.9. The summed E-state index contributed by atoms with van der Waals surface area (Å²) >= 11 is 6.23. The molecule has 3 nitrogen and oxygen atoms in total. The fraction of sp³-hybridized carbons (Fsp3) is 0.625. The van der Waals surface area contributed by atoms with Gasteiger partial charge in [0.1, 0.15) is 5.75 Å². The van der Waals surface area contributed by atoms with Crippen molar-refractivity contribution in [2.45, 2.75) is 38.6 Å². The Morgan fingerprint density at radius 2 is 2.05 bits per heavy atom. The average molecular weight is 298 g/mol. The number of nitrogens with one attached hydrogen (secondary N) is 1. The van der Waals surface area contributed by atoms with Gasteiger partial charge in [-0.1, -0.05) is 36.9 Å². The summed E-state index contributed by atoms with van der Waals surface area (Å²) in [5, 5.41) is 13.9. The highest BCUT2D eigenvalue weighted by molar-refractivity contribution is 6.31. The van der Waals surface area contributed by atoms with Gasteiger partial charge in [0, 0.05) is 35.7 Å². The van der Waals surface area contributed by atoms with Crippen LogP contribution in [0, 0.1) is 5.41 Å². The number of halogens is 1. The molecule has 0 amide bonds. The number of benzene rings is 1. The molecule has 0 heterocycles. The average Bonchev–Trinajstić information content (AvgIpc) is 2.49. The van der Waals surface area contributed by atoms with E-state index in [0.717, 1.165) is 35.7 Å². The zero-order valence-electron chi connectivity index (χ0n) is 12.1. The number of aliphatic hydroxyl groups is 1. The van der Waals surface area contributed by atoms with E-state index >= 15 is 0 Å².